The van der Waals surface area contributed by atoms with E-state index in [2.05, 4.69) is 28.3 Å². The lowest BCUT2D eigenvalue weighted by Crippen LogP contribution is -2.40. The monoisotopic (exact) mass is 455 g/mol. The average Bonchev–Trinajstić information content (AvgIpc) is 3.15. The van der Waals surface area contributed by atoms with Gasteiger partial charge in [-0.3, -0.25) is 19.6 Å². The highest BCUT2D eigenvalue weighted by molar-refractivity contribution is 5.88. The van der Waals surface area contributed by atoms with Crippen LogP contribution < -0.4 is 10.3 Å². The van der Waals surface area contributed by atoms with Crippen LogP contribution in [0.2, 0.25) is 0 Å². The number of aromatic hydroxyl groups is 1. The molecule has 0 fully saturated rings. The fraction of sp³-hybridized carbons (Fsp3) is 0.417. The Labute approximate surface area is 195 Å². The first kappa shape index (κ1) is 27.4. The average molecular weight is 456 g/mol. The van der Waals surface area contributed by atoms with Crippen molar-refractivity contribution in [3.05, 3.63) is 35.0 Å². The maximum Gasteiger partial charge on any atom is 0.249 e. The Morgan fingerprint density at radius 3 is 2.52 bits per heavy atom. The van der Waals surface area contributed by atoms with Crippen LogP contribution in [-0.4, -0.2) is 65.6 Å². The van der Waals surface area contributed by atoms with E-state index in [-0.39, 0.29) is 18.1 Å². The lowest BCUT2D eigenvalue weighted by Gasteiger charge is -2.21. The van der Waals surface area contributed by atoms with Crippen molar-refractivity contribution in [1.82, 2.24) is 10.2 Å². The van der Waals surface area contributed by atoms with Crippen molar-refractivity contribution in [2.24, 2.45) is 10.1 Å². The zero-order chi connectivity index (χ0) is 25.1. The SMILES string of the molecule is C#C.CC=NC1=C(C)CN(C(=O)CC(O)C(=O)NC(C)c2ccc(N(C)/N=C\C)c(O)c2)C1. The lowest BCUT2D eigenvalue weighted by molar-refractivity contribution is -0.139. The molecule has 2 unspecified atom stereocenters. The second-order valence-corrected chi connectivity index (χ2v) is 7.46. The van der Waals surface area contributed by atoms with Gasteiger partial charge in [-0.25, -0.2) is 0 Å². The molecule has 1 aromatic carbocycles. The molecule has 33 heavy (non-hydrogen) atoms. The van der Waals surface area contributed by atoms with Crippen molar-refractivity contribution < 1.29 is 19.8 Å². The maximum atomic E-state index is 12.5. The van der Waals surface area contributed by atoms with E-state index in [0.29, 0.717) is 24.3 Å². The van der Waals surface area contributed by atoms with Crippen LogP contribution in [0.5, 0.6) is 5.75 Å². The van der Waals surface area contributed by atoms with Gasteiger partial charge in [0.05, 0.1) is 24.7 Å². The first-order valence-electron chi connectivity index (χ1n) is 10.5. The number of hydrogen-bond donors (Lipinski definition) is 3. The van der Waals surface area contributed by atoms with Gasteiger partial charge in [-0.1, -0.05) is 6.07 Å². The van der Waals surface area contributed by atoms with E-state index < -0.39 is 18.1 Å². The molecule has 1 heterocycles. The smallest absolute Gasteiger partial charge is 0.249 e. The van der Waals surface area contributed by atoms with Crippen LogP contribution in [0.1, 0.15) is 45.7 Å². The molecule has 2 atom stereocenters. The van der Waals surface area contributed by atoms with Crippen LogP contribution >= 0.6 is 0 Å². The predicted molar refractivity (Wildman–Crippen MR) is 131 cm³/mol. The summed E-state index contributed by atoms with van der Waals surface area (Å²) in [5.74, 6) is -0.935. The highest BCUT2D eigenvalue weighted by Gasteiger charge is 2.28. The molecule has 0 aromatic heterocycles. The number of phenolic OH excluding ortho intramolecular Hbond substituents is 1. The number of phenols is 1. The molecule has 1 aliphatic rings. The van der Waals surface area contributed by atoms with Crippen molar-refractivity contribution in [3.8, 4) is 18.6 Å². The molecule has 2 amide bonds. The van der Waals surface area contributed by atoms with E-state index >= 15 is 0 Å². The summed E-state index contributed by atoms with van der Waals surface area (Å²) in [6.45, 7) is 8.05. The summed E-state index contributed by atoms with van der Waals surface area (Å²) in [7, 11) is 1.71. The number of aliphatic imine (C=N–C) groups is 1. The maximum absolute atomic E-state index is 12.5. The van der Waals surface area contributed by atoms with E-state index in [4.69, 9.17) is 0 Å². The number of nitrogens with one attached hydrogen (secondary N) is 1. The first-order valence-corrected chi connectivity index (χ1v) is 10.5. The van der Waals surface area contributed by atoms with Gasteiger partial charge in [0.25, 0.3) is 0 Å². The number of terminal acetylenes is 1. The highest BCUT2D eigenvalue weighted by atomic mass is 16.3. The number of aliphatic hydroxyl groups is 1. The number of hydrazone groups is 1. The molecule has 9 heteroatoms. The van der Waals surface area contributed by atoms with Crippen molar-refractivity contribution in [1.29, 1.82) is 0 Å². The minimum Gasteiger partial charge on any atom is -0.506 e. The standard InChI is InChI=1S/C22H31N5O4.C2H2/c1-6-23-17-13-27(12-14(17)3)21(30)11-20(29)22(31)25-15(4)16-8-9-18(19(28)10-16)26(5)24-7-2;1-2/h6-10,15,20,28-29H,11-13H2,1-5H3,(H,25,31);1-2H/b23-6?,24-7-;. The molecular weight excluding hydrogens is 422 g/mol. The number of hydrogen-bond acceptors (Lipinski definition) is 7. The van der Waals surface area contributed by atoms with Crippen LogP contribution in [0, 0.1) is 12.8 Å². The number of carbonyl (C=O) groups is 2. The molecule has 2 rings (SSSR count). The third kappa shape index (κ3) is 7.47. The van der Waals surface area contributed by atoms with Gasteiger partial charge in [0.2, 0.25) is 11.8 Å². The molecule has 9 nitrogen and oxygen atoms in total. The van der Waals surface area contributed by atoms with Crippen molar-refractivity contribution in [2.75, 3.05) is 25.1 Å². The molecular formula is C24H33N5O4. The summed E-state index contributed by atoms with van der Waals surface area (Å²) >= 11 is 0. The molecule has 1 aliphatic heterocycles. The van der Waals surface area contributed by atoms with Gasteiger partial charge in [0.15, 0.2) is 0 Å². The van der Waals surface area contributed by atoms with Crippen LogP contribution in [0.25, 0.3) is 0 Å². The van der Waals surface area contributed by atoms with Crippen molar-refractivity contribution >= 4 is 29.9 Å². The Hall–Kier alpha value is -3.64. The number of benzene rings is 1. The quantitative estimate of drug-likeness (QED) is 0.316. The van der Waals surface area contributed by atoms with Crippen LogP contribution in [-0.2, 0) is 9.59 Å². The molecule has 0 bridgehead atoms. The first-order chi connectivity index (χ1) is 15.7. The lowest BCUT2D eigenvalue weighted by atomic mass is 10.1. The van der Waals surface area contributed by atoms with E-state index in [1.807, 2.05) is 13.8 Å². The summed E-state index contributed by atoms with van der Waals surface area (Å²) in [4.78, 5) is 30.7. The predicted octanol–water partition coefficient (Wildman–Crippen LogP) is 2.22. The van der Waals surface area contributed by atoms with Gasteiger partial charge in [0, 0.05) is 26.0 Å². The largest absolute Gasteiger partial charge is 0.506 e. The van der Waals surface area contributed by atoms with Crippen LogP contribution in [0.4, 0.5) is 5.69 Å². The molecule has 0 spiro atoms. The third-order valence-electron chi connectivity index (χ3n) is 5.07. The Morgan fingerprint density at radius 1 is 1.27 bits per heavy atom. The second-order valence-electron chi connectivity index (χ2n) is 7.46. The molecule has 0 aliphatic carbocycles. The van der Waals surface area contributed by atoms with Crippen molar-refractivity contribution in [2.45, 2.75) is 46.3 Å². The van der Waals surface area contributed by atoms with E-state index in [9.17, 15) is 19.8 Å². The van der Waals surface area contributed by atoms with E-state index in [1.165, 1.54) is 11.1 Å². The Balaban J connectivity index is 0.00000265. The van der Waals surface area contributed by atoms with Gasteiger partial charge in [-0.2, -0.15) is 5.10 Å². The number of anilines is 1. The fourth-order valence-electron chi connectivity index (χ4n) is 3.33. The van der Waals surface area contributed by atoms with Crippen molar-refractivity contribution in [3.63, 3.8) is 0 Å². The van der Waals surface area contributed by atoms with E-state index in [0.717, 1.165) is 11.3 Å². The zero-order valence-corrected chi connectivity index (χ0v) is 19.8. The molecule has 0 saturated heterocycles. The minimum absolute atomic E-state index is 0.0184. The summed E-state index contributed by atoms with van der Waals surface area (Å²) < 4.78 is 0. The van der Waals surface area contributed by atoms with Gasteiger partial charge >= 0.3 is 0 Å². The van der Waals surface area contributed by atoms with Crippen LogP contribution in [0.15, 0.2) is 39.6 Å². The van der Waals surface area contributed by atoms with Gasteiger partial charge < -0.3 is 20.4 Å². The molecule has 1 aromatic rings. The van der Waals surface area contributed by atoms with Gasteiger partial charge in [-0.15, -0.1) is 12.8 Å². The molecule has 3 N–H and O–H groups in total. The highest BCUT2D eigenvalue weighted by Crippen LogP contribution is 2.30. The second kappa shape index (κ2) is 13.0. The zero-order valence-electron chi connectivity index (χ0n) is 19.8. The molecule has 178 valence electrons. The summed E-state index contributed by atoms with van der Waals surface area (Å²) in [6, 6.07) is 4.51. The van der Waals surface area contributed by atoms with Crippen LogP contribution in [0.3, 0.4) is 0 Å². The topological polar surface area (TPSA) is 118 Å². The number of nitrogens with zero attached hydrogens (tertiary/aromatic N) is 4. The number of amides is 2. The van der Waals surface area contributed by atoms with Gasteiger partial charge in [-0.05, 0) is 51.0 Å². The number of aliphatic hydroxyl groups excluding tert-OH is 1. The Bertz CT molecular complexity index is 951. The number of carbonyl (C=O) groups excluding carboxylic acids is 2. The Morgan fingerprint density at radius 2 is 1.94 bits per heavy atom. The summed E-state index contributed by atoms with van der Waals surface area (Å²) in [6.07, 6.45) is 9.51. The van der Waals surface area contributed by atoms with Gasteiger partial charge in [0.1, 0.15) is 17.5 Å². The summed E-state index contributed by atoms with van der Waals surface area (Å²) in [5.41, 5.74) is 3.01. The third-order valence-corrected chi connectivity index (χ3v) is 5.07. The molecule has 0 radical (unpaired) electrons. The summed E-state index contributed by atoms with van der Waals surface area (Å²) in [5, 5.41) is 28.8. The number of rotatable bonds is 8. The minimum atomic E-state index is -1.47. The Kier molecular flexibility index (Phi) is 10.8. The fourth-order valence-corrected chi connectivity index (χ4v) is 3.33. The normalized spacial score (nSPS) is 15.3. The van der Waals surface area contributed by atoms with E-state index in [1.54, 1.807) is 50.4 Å². The molecule has 0 saturated carbocycles.